The van der Waals surface area contributed by atoms with Gasteiger partial charge in [-0.15, -0.1) is 11.3 Å². The molecule has 0 aromatic carbocycles. The first-order chi connectivity index (χ1) is 6.18. The van der Waals surface area contributed by atoms with Gasteiger partial charge in [-0.25, -0.2) is 0 Å². The van der Waals surface area contributed by atoms with E-state index in [9.17, 15) is 0 Å². The standard InChI is InChI=1S/C10H16BrNS/c1-8(2)7-12-6-5-9-3-4-10(11)13-9/h3-4,8,12H,5-7H2,1-2H3. The Morgan fingerprint density at radius 2 is 2.23 bits per heavy atom. The molecular weight excluding hydrogens is 246 g/mol. The first-order valence-corrected chi connectivity index (χ1v) is 6.24. The Balaban J connectivity index is 2.13. The Labute approximate surface area is 92.7 Å². The van der Waals surface area contributed by atoms with Crippen LogP contribution in [0.5, 0.6) is 0 Å². The minimum Gasteiger partial charge on any atom is -0.316 e. The summed E-state index contributed by atoms with van der Waals surface area (Å²) < 4.78 is 1.23. The SMILES string of the molecule is CC(C)CNCCc1ccc(Br)s1. The predicted octanol–water partition coefficient (Wildman–Crippen LogP) is 3.30. The van der Waals surface area contributed by atoms with Gasteiger partial charge in [0.05, 0.1) is 3.79 Å². The van der Waals surface area contributed by atoms with E-state index in [1.165, 1.54) is 8.66 Å². The highest BCUT2D eigenvalue weighted by atomic mass is 79.9. The Bertz CT molecular complexity index is 245. The first-order valence-electron chi connectivity index (χ1n) is 4.63. The van der Waals surface area contributed by atoms with Crippen LogP contribution < -0.4 is 5.32 Å². The highest BCUT2D eigenvalue weighted by Crippen LogP contribution is 2.21. The number of rotatable bonds is 5. The van der Waals surface area contributed by atoms with E-state index in [0.29, 0.717) is 0 Å². The normalized spacial score (nSPS) is 11.1. The Hall–Kier alpha value is 0.140. The van der Waals surface area contributed by atoms with Crippen LogP contribution in [-0.4, -0.2) is 13.1 Å². The Kier molecular flexibility index (Phi) is 4.99. The maximum atomic E-state index is 3.46. The van der Waals surface area contributed by atoms with E-state index in [-0.39, 0.29) is 0 Å². The van der Waals surface area contributed by atoms with Crippen molar-refractivity contribution in [2.24, 2.45) is 5.92 Å². The molecule has 0 spiro atoms. The lowest BCUT2D eigenvalue weighted by atomic mass is 10.2. The lowest BCUT2D eigenvalue weighted by Crippen LogP contribution is -2.21. The van der Waals surface area contributed by atoms with E-state index in [4.69, 9.17) is 0 Å². The summed E-state index contributed by atoms with van der Waals surface area (Å²) >= 11 is 5.29. The van der Waals surface area contributed by atoms with Gasteiger partial charge in [0, 0.05) is 4.88 Å². The average Bonchev–Trinajstić information content (AvgIpc) is 2.45. The molecule has 1 nitrogen and oxygen atoms in total. The number of nitrogens with one attached hydrogen (secondary N) is 1. The van der Waals surface area contributed by atoms with Crippen molar-refractivity contribution in [1.82, 2.24) is 5.32 Å². The molecule has 1 heterocycles. The van der Waals surface area contributed by atoms with Gasteiger partial charge >= 0.3 is 0 Å². The monoisotopic (exact) mass is 261 g/mol. The highest BCUT2D eigenvalue weighted by molar-refractivity contribution is 9.11. The second-order valence-electron chi connectivity index (χ2n) is 3.55. The minimum absolute atomic E-state index is 0.745. The van der Waals surface area contributed by atoms with Gasteiger partial charge in [-0.3, -0.25) is 0 Å². The van der Waals surface area contributed by atoms with Crippen molar-refractivity contribution < 1.29 is 0 Å². The second kappa shape index (κ2) is 5.78. The van der Waals surface area contributed by atoms with Gasteiger partial charge in [-0.05, 0) is 53.5 Å². The number of hydrogen-bond donors (Lipinski definition) is 1. The average molecular weight is 262 g/mol. The van der Waals surface area contributed by atoms with Gasteiger partial charge in [-0.1, -0.05) is 13.8 Å². The molecule has 0 unspecified atom stereocenters. The summed E-state index contributed by atoms with van der Waals surface area (Å²) in [6.07, 6.45) is 1.14. The molecule has 3 heteroatoms. The second-order valence-corrected chi connectivity index (χ2v) is 6.10. The van der Waals surface area contributed by atoms with Gasteiger partial charge in [0.1, 0.15) is 0 Å². The van der Waals surface area contributed by atoms with Crippen molar-refractivity contribution in [3.8, 4) is 0 Å². The third-order valence-electron chi connectivity index (χ3n) is 1.73. The summed E-state index contributed by atoms with van der Waals surface area (Å²) in [5.74, 6) is 0.745. The summed E-state index contributed by atoms with van der Waals surface area (Å²) in [6.45, 7) is 6.67. The topological polar surface area (TPSA) is 12.0 Å². The lowest BCUT2D eigenvalue weighted by molar-refractivity contribution is 0.555. The van der Waals surface area contributed by atoms with Crippen LogP contribution in [-0.2, 0) is 6.42 Å². The first kappa shape index (κ1) is 11.2. The third-order valence-corrected chi connectivity index (χ3v) is 3.41. The van der Waals surface area contributed by atoms with Gasteiger partial charge in [0.15, 0.2) is 0 Å². The maximum Gasteiger partial charge on any atom is 0.0701 e. The van der Waals surface area contributed by atoms with Gasteiger partial charge in [0.25, 0.3) is 0 Å². The van der Waals surface area contributed by atoms with E-state index in [2.05, 4.69) is 47.2 Å². The van der Waals surface area contributed by atoms with E-state index < -0.39 is 0 Å². The van der Waals surface area contributed by atoms with Crippen LogP contribution in [0, 0.1) is 5.92 Å². The fourth-order valence-corrected chi connectivity index (χ4v) is 2.57. The molecule has 1 aromatic heterocycles. The fraction of sp³-hybridized carbons (Fsp3) is 0.600. The Morgan fingerprint density at radius 1 is 1.46 bits per heavy atom. The molecular formula is C10H16BrNS. The zero-order valence-corrected chi connectivity index (χ0v) is 10.5. The largest absolute Gasteiger partial charge is 0.316 e. The van der Waals surface area contributed by atoms with Gasteiger partial charge in [-0.2, -0.15) is 0 Å². The maximum absolute atomic E-state index is 3.46. The summed E-state index contributed by atoms with van der Waals surface area (Å²) in [5.41, 5.74) is 0. The molecule has 0 amide bonds. The molecule has 0 aliphatic heterocycles. The molecule has 74 valence electrons. The van der Waals surface area contributed by atoms with Crippen LogP contribution in [0.15, 0.2) is 15.9 Å². The molecule has 0 bridgehead atoms. The van der Waals surface area contributed by atoms with Crippen molar-refractivity contribution >= 4 is 27.3 Å². The van der Waals surface area contributed by atoms with Gasteiger partial charge in [0.2, 0.25) is 0 Å². The molecule has 0 saturated heterocycles. The van der Waals surface area contributed by atoms with Crippen molar-refractivity contribution in [2.45, 2.75) is 20.3 Å². The Morgan fingerprint density at radius 3 is 2.77 bits per heavy atom. The zero-order chi connectivity index (χ0) is 9.68. The molecule has 1 N–H and O–H groups in total. The van der Waals surface area contributed by atoms with Crippen molar-refractivity contribution in [1.29, 1.82) is 0 Å². The van der Waals surface area contributed by atoms with E-state index in [0.717, 1.165) is 25.4 Å². The van der Waals surface area contributed by atoms with Crippen LogP contribution in [0.25, 0.3) is 0 Å². The third kappa shape index (κ3) is 4.79. The number of halogens is 1. The van der Waals surface area contributed by atoms with E-state index in [1.807, 2.05) is 11.3 Å². The van der Waals surface area contributed by atoms with E-state index >= 15 is 0 Å². The smallest absolute Gasteiger partial charge is 0.0701 e. The predicted molar refractivity (Wildman–Crippen MR) is 63.4 cm³/mol. The van der Waals surface area contributed by atoms with Crippen LogP contribution in [0.3, 0.4) is 0 Å². The van der Waals surface area contributed by atoms with Crippen molar-refractivity contribution in [3.05, 3.63) is 20.8 Å². The van der Waals surface area contributed by atoms with E-state index in [1.54, 1.807) is 0 Å². The fourth-order valence-electron chi connectivity index (χ4n) is 1.09. The lowest BCUT2D eigenvalue weighted by Gasteiger charge is -2.05. The van der Waals surface area contributed by atoms with Crippen molar-refractivity contribution in [2.75, 3.05) is 13.1 Å². The van der Waals surface area contributed by atoms with Gasteiger partial charge < -0.3 is 5.32 Å². The quantitative estimate of drug-likeness (QED) is 0.803. The zero-order valence-electron chi connectivity index (χ0n) is 8.14. The van der Waals surface area contributed by atoms with Crippen LogP contribution in [0.1, 0.15) is 18.7 Å². The molecule has 0 fully saturated rings. The molecule has 0 saturated carbocycles. The molecule has 13 heavy (non-hydrogen) atoms. The summed E-state index contributed by atoms with van der Waals surface area (Å²) in [5, 5.41) is 3.43. The summed E-state index contributed by atoms with van der Waals surface area (Å²) in [4.78, 5) is 1.45. The van der Waals surface area contributed by atoms with Crippen molar-refractivity contribution in [3.63, 3.8) is 0 Å². The minimum atomic E-state index is 0.745. The molecule has 0 radical (unpaired) electrons. The molecule has 0 atom stereocenters. The van der Waals surface area contributed by atoms with Crippen LogP contribution in [0.2, 0.25) is 0 Å². The number of hydrogen-bond acceptors (Lipinski definition) is 2. The molecule has 1 rings (SSSR count). The molecule has 0 aliphatic carbocycles. The highest BCUT2D eigenvalue weighted by Gasteiger charge is 1.97. The number of thiophene rings is 1. The summed E-state index contributed by atoms with van der Waals surface area (Å²) in [6, 6.07) is 4.30. The van der Waals surface area contributed by atoms with Crippen LogP contribution >= 0.6 is 27.3 Å². The molecule has 0 aliphatic rings. The molecule has 1 aromatic rings. The summed E-state index contributed by atoms with van der Waals surface area (Å²) in [7, 11) is 0. The van der Waals surface area contributed by atoms with Crippen LogP contribution in [0.4, 0.5) is 0 Å².